The van der Waals surface area contributed by atoms with E-state index in [-0.39, 0.29) is 44.5 Å². The van der Waals surface area contributed by atoms with Crippen molar-refractivity contribution in [1.29, 1.82) is 0 Å². The summed E-state index contributed by atoms with van der Waals surface area (Å²) in [5.74, 6) is -0.614. The smallest absolute Gasteiger partial charge is 0.264 e. The first kappa shape index (κ1) is 20.3. The normalized spacial score (nSPS) is 24.5. The fraction of sp³-hybridized carbons (Fsp3) is 0.667. The van der Waals surface area contributed by atoms with E-state index in [2.05, 4.69) is 0 Å². The maximum absolute atomic E-state index is 12.3. The third-order valence-electron chi connectivity index (χ3n) is 4.26. The predicted molar refractivity (Wildman–Crippen MR) is 90.3 cm³/mol. The SMILES string of the molecule is CS(=O)(=O)O[C@@H]1C[C@@H](CN2CCN(C=O)CC2=O)N(C(=O)C=CCO)C1. The number of rotatable bonds is 7. The van der Waals surface area contributed by atoms with E-state index in [1.807, 2.05) is 0 Å². The Morgan fingerprint density at radius 2 is 2.12 bits per heavy atom. The van der Waals surface area contributed by atoms with Gasteiger partial charge in [0, 0.05) is 32.3 Å². The number of carbonyl (C=O) groups is 3. The molecule has 0 spiro atoms. The summed E-state index contributed by atoms with van der Waals surface area (Å²) in [5, 5.41) is 8.83. The molecule has 11 heteroatoms. The molecule has 0 radical (unpaired) electrons. The van der Waals surface area contributed by atoms with Gasteiger partial charge in [-0.05, 0) is 6.42 Å². The highest BCUT2D eigenvalue weighted by molar-refractivity contribution is 7.86. The minimum atomic E-state index is -3.67. The highest BCUT2D eigenvalue weighted by atomic mass is 32.2. The van der Waals surface area contributed by atoms with Crippen molar-refractivity contribution >= 4 is 28.3 Å². The Bertz CT molecular complexity index is 679. The number of hydrogen-bond acceptors (Lipinski definition) is 7. The molecule has 146 valence electrons. The molecule has 0 aromatic heterocycles. The highest BCUT2D eigenvalue weighted by Gasteiger charge is 2.38. The van der Waals surface area contributed by atoms with E-state index >= 15 is 0 Å². The van der Waals surface area contributed by atoms with E-state index in [9.17, 15) is 22.8 Å². The summed E-state index contributed by atoms with van der Waals surface area (Å²) in [6.45, 7) is 0.754. The van der Waals surface area contributed by atoms with Crippen LogP contribution in [0.2, 0.25) is 0 Å². The van der Waals surface area contributed by atoms with Crippen molar-refractivity contribution in [1.82, 2.24) is 14.7 Å². The second kappa shape index (κ2) is 8.60. The van der Waals surface area contributed by atoms with E-state index < -0.39 is 22.3 Å². The van der Waals surface area contributed by atoms with Gasteiger partial charge in [-0.25, -0.2) is 0 Å². The first-order chi connectivity index (χ1) is 12.2. The van der Waals surface area contributed by atoms with Crippen LogP contribution in [0.1, 0.15) is 6.42 Å². The van der Waals surface area contributed by atoms with Crippen LogP contribution in [0, 0.1) is 0 Å². The van der Waals surface area contributed by atoms with Crippen molar-refractivity contribution in [2.75, 3.05) is 45.6 Å². The summed E-state index contributed by atoms with van der Waals surface area (Å²) in [7, 11) is -3.67. The summed E-state index contributed by atoms with van der Waals surface area (Å²) >= 11 is 0. The van der Waals surface area contributed by atoms with Gasteiger partial charge in [0.05, 0.1) is 31.6 Å². The van der Waals surface area contributed by atoms with Crippen molar-refractivity contribution in [3.05, 3.63) is 12.2 Å². The maximum Gasteiger partial charge on any atom is 0.264 e. The summed E-state index contributed by atoms with van der Waals surface area (Å²) in [5.41, 5.74) is 0. The van der Waals surface area contributed by atoms with Crippen LogP contribution in [0.25, 0.3) is 0 Å². The van der Waals surface area contributed by atoms with Crippen LogP contribution in [-0.4, -0.2) is 104 Å². The summed E-state index contributed by atoms with van der Waals surface area (Å²) in [4.78, 5) is 39.6. The lowest BCUT2D eigenvalue weighted by molar-refractivity contribution is -0.141. The fourth-order valence-corrected chi connectivity index (χ4v) is 3.78. The molecule has 2 aliphatic rings. The van der Waals surface area contributed by atoms with E-state index in [1.54, 1.807) is 4.90 Å². The molecule has 0 unspecified atom stereocenters. The van der Waals surface area contributed by atoms with E-state index in [4.69, 9.17) is 9.29 Å². The van der Waals surface area contributed by atoms with Gasteiger partial charge >= 0.3 is 0 Å². The number of nitrogens with zero attached hydrogens (tertiary/aromatic N) is 3. The first-order valence-corrected chi connectivity index (χ1v) is 9.98. The molecular weight excluding hydrogens is 366 g/mol. The topological polar surface area (TPSA) is 125 Å². The molecular formula is C15H23N3O7S. The molecule has 0 aromatic carbocycles. The van der Waals surface area contributed by atoms with Crippen LogP contribution in [0.5, 0.6) is 0 Å². The number of carbonyl (C=O) groups excluding carboxylic acids is 3. The fourth-order valence-electron chi connectivity index (χ4n) is 3.15. The molecule has 2 aliphatic heterocycles. The molecule has 2 atom stereocenters. The Hall–Kier alpha value is -1.98. The van der Waals surface area contributed by atoms with Gasteiger partial charge in [-0.1, -0.05) is 6.08 Å². The van der Waals surface area contributed by atoms with Crippen LogP contribution in [-0.2, 0) is 28.7 Å². The molecule has 10 nitrogen and oxygen atoms in total. The van der Waals surface area contributed by atoms with Crippen LogP contribution in [0.4, 0.5) is 0 Å². The Labute approximate surface area is 152 Å². The van der Waals surface area contributed by atoms with Gasteiger partial charge in [-0.15, -0.1) is 0 Å². The zero-order valence-electron chi connectivity index (χ0n) is 14.5. The molecule has 0 bridgehead atoms. The number of amides is 3. The molecule has 2 saturated heterocycles. The van der Waals surface area contributed by atoms with Gasteiger partial charge in [-0.2, -0.15) is 8.42 Å². The van der Waals surface area contributed by atoms with Crippen molar-refractivity contribution in [2.45, 2.75) is 18.6 Å². The molecule has 2 rings (SSSR count). The van der Waals surface area contributed by atoms with Crippen LogP contribution in [0.3, 0.4) is 0 Å². The number of aliphatic hydroxyl groups is 1. The van der Waals surface area contributed by atoms with Gasteiger partial charge in [0.1, 0.15) is 0 Å². The zero-order valence-corrected chi connectivity index (χ0v) is 15.3. The van der Waals surface area contributed by atoms with E-state index in [0.29, 0.717) is 19.5 Å². The van der Waals surface area contributed by atoms with Crippen LogP contribution in [0.15, 0.2) is 12.2 Å². The number of aliphatic hydroxyl groups excluding tert-OH is 1. The number of piperazine rings is 1. The van der Waals surface area contributed by atoms with Gasteiger partial charge in [-0.3, -0.25) is 18.6 Å². The molecule has 26 heavy (non-hydrogen) atoms. The van der Waals surface area contributed by atoms with Crippen LogP contribution < -0.4 is 0 Å². The summed E-state index contributed by atoms with van der Waals surface area (Å²) < 4.78 is 27.8. The monoisotopic (exact) mass is 389 g/mol. The van der Waals surface area contributed by atoms with Crippen LogP contribution >= 0.6 is 0 Å². The largest absolute Gasteiger partial charge is 0.392 e. The molecule has 2 heterocycles. The third-order valence-corrected chi connectivity index (χ3v) is 4.89. The molecule has 2 fully saturated rings. The van der Waals surface area contributed by atoms with Crippen molar-refractivity contribution in [3.63, 3.8) is 0 Å². The Morgan fingerprint density at radius 3 is 2.69 bits per heavy atom. The minimum absolute atomic E-state index is 0.0160. The summed E-state index contributed by atoms with van der Waals surface area (Å²) in [6, 6.07) is -0.413. The van der Waals surface area contributed by atoms with Gasteiger partial charge in [0.25, 0.3) is 10.1 Å². The highest BCUT2D eigenvalue weighted by Crippen LogP contribution is 2.23. The lowest BCUT2D eigenvalue weighted by Crippen LogP contribution is -2.53. The maximum atomic E-state index is 12.3. The standard InChI is InChI=1S/C15H23N3O7S/c1-26(23,24)25-13-7-12(18(9-13)14(21)3-2-6-19)8-17-5-4-16(11-20)10-15(17)22/h2-3,11-13,19H,4-10H2,1H3/t12-,13+/m0/s1. The Kier molecular flexibility index (Phi) is 6.73. The second-order valence-electron chi connectivity index (χ2n) is 6.30. The average molecular weight is 389 g/mol. The lowest BCUT2D eigenvalue weighted by atomic mass is 10.1. The molecule has 0 aliphatic carbocycles. The average Bonchev–Trinajstić information content (AvgIpc) is 2.94. The van der Waals surface area contributed by atoms with Crippen molar-refractivity contribution in [3.8, 4) is 0 Å². The van der Waals surface area contributed by atoms with Gasteiger partial charge in [0.2, 0.25) is 18.2 Å². The lowest BCUT2D eigenvalue weighted by Gasteiger charge is -2.35. The molecule has 3 amide bonds. The minimum Gasteiger partial charge on any atom is -0.392 e. The Morgan fingerprint density at radius 1 is 1.38 bits per heavy atom. The second-order valence-corrected chi connectivity index (χ2v) is 7.90. The summed E-state index contributed by atoms with van der Waals surface area (Å²) in [6.07, 6.45) is 3.65. The van der Waals surface area contributed by atoms with Gasteiger partial charge < -0.3 is 19.8 Å². The number of hydrogen-bond donors (Lipinski definition) is 1. The predicted octanol–water partition coefficient (Wildman–Crippen LogP) is -2.22. The van der Waals surface area contributed by atoms with Gasteiger partial charge in [0.15, 0.2) is 0 Å². The third kappa shape index (κ3) is 5.51. The van der Waals surface area contributed by atoms with Crippen molar-refractivity contribution in [2.24, 2.45) is 0 Å². The molecule has 1 N–H and O–H groups in total. The van der Waals surface area contributed by atoms with Crippen molar-refractivity contribution < 1.29 is 32.1 Å². The molecule has 0 saturated carbocycles. The molecule has 0 aromatic rings. The zero-order chi connectivity index (χ0) is 19.3. The van der Waals surface area contributed by atoms with E-state index in [1.165, 1.54) is 22.0 Å². The van der Waals surface area contributed by atoms with E-state index in [0.717, 1.165) is 6.26 Å². The number of likely N-dealkylation sites (tertiary alicyclic amines) is 1. The Balaban J connectivity index is 2.08. The first-order valence-electron chi connectivity index (χ1n) is 8.17. The quantitative estimate of drug-likeness (QED) is 0.297.